The highest BCUT2D eigenvalue weighted by atomic mass is 32.2. The highest BCUT2D eigenvalue weighted by Crippen LogP contribution is 2.03. The van der Waals surface area contributed by atoms with Gasteiger partial charge < -0.3 is 36.9 Å². The maximum Gasteiger partial charge on any atom is 0.325 e. The maximum absolute atomic E-state index is 12.7. The van der Waals surface area contributed by atoms with Crippen LogP contribution >= 0.6 is 11.8 Å². The number of carboxylic acid groups (broad SMARTS) is 1. The van der Waals surface area contributed by atoms with Crippen LogP contribution in [0.4, 0.5) is 0 Å². The lowest BCUT2D eigenvalue weighted by Gasteiger charge is -2.23. The number of imidazole rings is 1. The van der Waals surface area contributed by atoms with Gasteiger partial charge >= 0.3 is 5.97 Å². The van der Waals surface area contributed by atoms with E-state index >= 15 is 0 Å². The van der Waals surface area contributed by atoms with E-state index in [9.17, 15) is 24.3 Å². The standard InChI is InChI=1S/C17H28N6O6S/c1-9(17(28)29)21-16(27)13(7-24)23-15(26)12(5-10-6-19-8-20-10)22-14(25)11(18)3-4-30-2/h6,8-9,11-13,24H,3-5,7,18H2,1-2H3,(H,19,20)(H,21,27)(H,22,25)(H,23,26)(H,28,29). The molecule has 0 aromatic carbocycles. The van der Waals surface area contributed by atoms with E-state index in [2.05, 4.69) is 25.9 Å². The molecule has 12 nitrogen and oxygen atoms in total. The van der Waals surface area contributed by atoms with Crippen molar-refractivity contribution in [3.8, 4) is 0 Å². The summed E-state index contributed by atoms with van der Waals surface area (Å²) in [7, 11) is 0. The Hall–Kier alpha value is -2.64. The van der Waals surface area contributed by atoms with Gasteiger partial charge in [-0.1, -0.05) is 0 Å². The number of hydrogen-bond acceptors (Lipinski definition) is 8. The van der Waals surface area contributed by atoms with Gasteiger partial charge in [-0.25, -0.2) is 4.98 Å². The van der Waals surface area contributed by atoms with Gasteiger partial charge in [0.25, 0.3) is 0 Å². The lowest BCUT2D eigenvalue weighted by atomic mass is 10.1. The molecule has 4 atom stereocenters. The summed E-state index contributed by atoms with van der Waals surface area (Å²) in [6.45, 7) is 0.482. The number of aliphatic hydroxyl groups excluding tert-OH is 1. The molecule has 0 fully saturated rings. The molecule has 0 aliphatic heterocycles. The lowest BCUT2D eigenvalue weighted by molar-refractivity contribution is -0.142. The molecule has 4 unspecified atom stereocenters. The number of aromatic amines is 1. The minimum Gasteiger partial charge on any atom is -0.480 e. The average Bonchev–Trinajstić information content (AvgIpc) is 3.22. The Kier molecular flexibility index (Phi) is 10.9. The Morgan fingerprint density at radius 1 is 1.17 bits per heavy atom. The molecule has 8 N–H and O–H groups in total. The van der Waals surface area contributed by atoms with Crippen molar-refractivity contribution in [3.63, 3.8) is 0 Å². The molecule has 1 heterocycles. The number of carbonyl (C=O) groups is 4. The molecular formula is C17H28N6O6S. The number of aliphatic hydroxyl groups is 1. The fourth-order valence-corrected chi connectivity index (χ4v) is 2.81. The van der Waals surface area contributed by atoms with E-state index in [-0.39, 0.29) is 6.42 Å². The number of nitrogens with two attached hydrogens (primary N) is 1. The number of thioether (sulfide) groups is 1. The van der Waals surface area contributed by atoms with Gasteiger partial charge in [0.1, 0.15) is 18.1 Å². The van der Waals surface area contributed by atoms with Gasteiger partial charge in [0.15, 0.2) is 0 Å². The number of carboxylic acids is 1. The van der Waals surface area contributed by atoms with Crippen LogP contribution in [0.3, 0.4) is 0 Å². The zero-order valence-electron chi connectivity index (χ0n) is 16.8. The summed E-state index contributed by atoms with van der Waals surface area (Å²) in [5.41, 5.74) is 6.40. The van der Waals surface area contributed by atoms with Crippen LogP contribution in [0.25, 0.3) is 0 Å². The first-order valence-corrected chi connectivity index (χ1v) is 10.6. The van der Waals surface area contributed by atoms with E-state index in [1.807, 2.05) is 6.26 Å². The van der Waals surface area contributed by atoms with Crippen LogP contribution in [-0.4, -0.2) is 86.7 Å². The Balaban J connectivity index is 2.85. The predicted molar refractivity (Wildman–Crippen MR) is 109 cm³/mol. The Labute approximate surface area is 177 Å². The van der Waals surface area contributed by atoms with Gasteiger partial charge in [-0.2, -0.15) is 11.8 Å². The smallest absolute Gasteiger partial charge is 0.325 e. The van der Waals surface area contributed by atoms with Gasteiger partial charge in [0.2, 0.25) is 17.7 Å². The molecule has 3 amide bonds. The van der Waals surface area contributed by atoms with Gasteiger partial charge in [0.05, 0.1) is 19.0 Å². The van der Waals surface area contributed by atoms with Crippen molar-refractivity contribution in [2.75, 3.05) is 18.6 Å². The predicted octanol–water partition coefficient (Wildman–Crippen LogP) is -2.42. The average molecular weight is 445 g/mol. The SMILES string of the molecule is CSCCC(N)C(=O)NC(Cc1cnc[nH]1)C(=O)NC(CO)C(=O)NC(C)C(=O)O. The zero-order chi connectivity index (χ0) is 22.7. The van der Waals surface area contributed by atoms with E-state index < -0.39 is 54.5 Å². The number of amides is 3. The quantitative estimate of drug-likeness (QED) is 0.173. The Morgan fingerprint density at radius 2 is 1.80 bits per heavy atom. The summed E-state index contributed by atoms with van der Waals surface area (Å²) in [6.07, 6.45) is 5.22. The van der Waals surface area contributed by atoms with Crippen molar-refractivity contribution in [1.82, 2.24) is 25.9 Å². The van der Waals surface area contributed by atoms with E-state index in [1.165, 1.54) is 31.2 Å². The van der Waals surface area contributed by atoms with Crippen LogP contribution in [0.2, 0.25) is 0 Å². The number of aliphatic carboxylic acids is 1. The van der Waals surface area contributed by atoms with Gasteiger partial charge in [-0.3, -0.25) is 19.2 Å². The molecule has 0 bridgehead atoms. The van der Waals surface area contributed by atoms with Crippen molar-refractivity contribution in [3.05, 3.63) is 18.2 Å². The third kappa shape index (κ3) is 8.39. The minimum absolute atomic E-state index is 0.0398. The van der Waals surface area contributed by atoms with Crippen LogP contribution in [0.5, 0.6) is 0 Å². The third-order valence-corrected chi connectivity index (χ3v) is 4.77. The summed E-state index contributed by atoms with van der Waals surface area (Å²) in [5.74, 6) is -2.75. The molecular weight excluding hydrogens is 416 g/mol. The first-order valence-electron chi connectivity index (χ1n) is 9.16. The van der Waals surface area contributed by atoms with Gasteiger partial charge in [0, 0.05) is 18.3 Å². The molecule has 168 valence electrons. The molecule has 13 heteroatoms. The number of rotatable bonds is 13. The van der Waals surface area contributed by atoms with Crippen molar-refractivity contribution in [2.45, 2.75) is 43.9 Å². The molecule has 0 radical (unpaired) electrons. The van der Waals surface area contributed by atoms with Crippen molar-refractivity contribution in [2.24, 2.45) is 5.73 Å². The molecule has 30 heavy (non-hydrogen) atoms. The van der Waals surface area contributed by atoms with Crippen LogP contribution in [0.1, 0.15) is 19.0 Å². The fourth-order valence-electron chi connectivity index (χ4n) is 2.32. The normalized spacial score (nSPS) is 14.8. The second-order valence-corrected chi connectivity index (χ2v) is 7.53. The maximum atomic E-state index is 12.7. The van der Waals surface area contributed by atoms with Crippen molar-refractivity contribution < 1.29 is 29.4 Å². The Bertz CT molecular complexity index is 716. The van der Waals surface area contributed by atoms with Gasteiger partial charge in [-0.05, 0) is 25.4 Å². The number of hydrogen-bond donors (Lipinski definition) is 7. The number of nitrogens with zero attached hydrogens (tertiary/aromatic N) is 1. The first kappa shape index (κ1) is 25.4. The molecule has 1 aromatic heterocycles. The molecule has 0 spiro atoms. The monoisotopic (exact) mass is 444 g/mol. The number of aromatic nitrogens is 2. The van der Waals surface area contributed by atoms with E-state index in [4.69, 9.17) is 10.8 Å². The van der Waals surface area contributed by atoms with Crippen molar-refractivity contribution in [1.29, 1.82) is 0 Å². The molecule has 0 saturated heterocycles. The highest BCUT2D eigenvalue weighted by molar-refractivity contribution is 7.98. The van der Waals surface area contributed by atoms with Crippen LogP contribution in [0, 0.1) is 0 Å². The van der Waals surface area contributed by atoms with E-state index in [0.29, 0.717) is 17.9 Å². The van der Waals surface area contributed by atoms with Crippen molar-refractivity contribution >= 4 is 35.5 Å². The molecule has 0 saturated carbocycles. The summed E-state index contributed by atoms with van der Waals surface area (Å²) in [5, 5.41) is 25.4. The van der Waals surface area contributed by atoms with Crippen LogP contribution in [0.15, 0.2) is 12.5 Å². The second kappa shape index (κ2) is 12.8. The summed E-state index contributed by atoms with van der Waals surface area (Å²) >= 11 is 1.53. The van der Waals surface area contributed by atoms with E-state index in [0.717, 1.165) is 0 Å². The topological polar surface area (TPSA) is 200 Å². The number of carbonyl (C=O) groups excluding carboxylic acids is 3. The highest BCUT2D eigenvalue weighted by Gasteiger charge is 2.29. The number of H-pyrrole nitrogens is 1. The molecule has 0 aliphatic rings. The van der Waals surface area contributed by atoms with E-state index in [1.54, 1.807) is 0 Å². The van der Waals surface area contributed by atoms with Gasteiger partial charge in [-0.15, -0.1) is 0 Å². The minimum atomic E-state index is -1.40. The Morgan fingerprint density at radius 3 is 2.33 bits per heavy atom. The zero-order valence-corrected chi connectivity index (χ0v) is 17.6. The summed E-state index contributed by atoms with van der Waals surface area (Å²) < 4.78 is 0. The molecule has 1 rings (SSSR count). The fraction of sp³-hybridized carbons (Fsp3) is 0.588. The summed E-state index contributed by atoms with van der Waals surface area (Å²) in [4.78, 5) is 54.8. The third-order valence-electron chi connectivity index (χ3n) is 4.13. The lowest BCUT2D eigenvalue weighted by Crippen LogP contribution is -2.58. The second-order valence-electron chi connectivity index (χ2n) is 6.54. The molecule has 0 aliphatic carbocycles. The summed E-state index contributed by atoms with van der Waals surface area (Å²) in [6, 6.07) is -4.52. The first-order chi connectivity index (χ1) is 14.2. The molecule has 1 aromatic rings. The largest absolute Gasteiger partial charge is 0.480 e. The van der Waals surface area contributed by atoms with Crippen LogP contribution < -0.4 is 21.7 Å². The number of nitrogens with one attached hydrogen (secondary N) is 4. The van der Waals surface area contributed by atoms with Crippen LogP contribution in [-0.2, 0) is 25.6 Å².